The Morgan fingerprint density at radius 1 is 1.00 bits per heavy atom. The van der Waals surface area contributed by atoms with Crippen molar-refractivity contribution >= 4 is 5.91 Å². The number of alkyl halides is 3. The van der Waals surface area contributed by atoms with Gasteiger partial charge in [-0.1, -0.05) is 36.4 Å². The number of nitrogens with zero attached hydrogens (tertiary/aromatic N) is 1. The fraction of sp³-hybridized carbons (Fsp3) is 0.458. The van der Waals surface area contributed by atoms with Crippen LogP contribution in [0.4, 0.5) is 13.2 Å². The Labute approximate surface area is 175 Å². The van der Waals surface area contributed by atoms with E-state index in [9.17, 15) is 18.0 Å². The summed E-state index contributed by atoms with van der Waals surface area (Å²) in [5.74, 6) is -0.152. The van der Waals surface area contributed by atoms with Gasteiger partial charge in [0.2, 0.25) is 5.91 Å². The number of rotatable bonds is 4. The molecule has 160 valence electrons. The summed E-state index contributed by atoms with van der Waals surface area (Å²) in [6, 6.07) is 13.3. The van der Waals surface area contributed by atoms with E-state index in [1.54, 1.807) is 0 Å². The number of aryl methyl sites for hydroxylation is 1. The zero-order valence-electron chi connectivity index (χ0n) is 16.9. The third kappa shape index (κ3) is 4.69. The second-order valence-corrected chi connectivity index (χ2v) is 8.32. The molecule has 1 heterocycles. The lowest BCUT2D eigenvalue weighted by Crippen LogP contribution is -2.45. The minimum Gasteiger partial charge on any atom is -0.347 e. The molecule has 1 amide bonds. The molecule has 0 radical (unpaired) electrons. The van der Waals surface area contributed by atoms with Crippen molar-refractivity contribution in [3.63, 3.8) is 0 Å². The van der Waals surface area contributed by atoms with Crippen molar-refractivity contribution in [3.05, 3.63) is 70.8 Å². The van der Waals surface area contributed by atoms with Gasteiger partial charge in [-0.3, -0.25) is 9.69 Å². The van der Waals surface area contributed by atoms with Gasteiger partial charge in [-0.2, -0.15) is 13.2 Å². The standard InChI is InChI=1S/C24H27F3N2O/c25-24(26,27)19-12-10-17(11-13-19)16-22(30)28-23-20-8-2-1-6-18(20)7-5-9-21(23)29-14-3-4-15-29/h1-2,6,8,10-13,21,23H,3-5,7,9,14-16H2,(H,28,30). The number of hydrogen-bond acceptors (Lipinski definition) is 2. The monoisotopic (exact) mass is 416 g/mol. The zero-order chi connectivity index (χ0) is 21.1. The molecule has 1 N–H and O–H groups in total. The maximum absolute atomic E-state index is 12.9. The van der Waals surface area contributed by atoms with E-state index in [1.807, 2.05) is 12.1 Å². The topological polar surface area (TPSA) is 32.3 Å². The molecule has 2 aromatic rings. The summed E-state index contributed by atoms with van der Waals surface area (Å²) in [5.41, 5.74) is 2.34. The second-order valence-electron chi connectivity index (χ2n) is 8.32. The molecule has 2 unspecified atom stereocenters. The average Bonchev–Trinajstić information content (AvgIpc) is 3.18. The Balaban J connectivity index is 1.52. The lowest BCUT2D eigenvalue weighted by Gasteiger charge is -2.34. The highest BCUT2D eigenvalue weighted by atomic mass is 19.4. The van der Waals surface area contributed by atoms with E-state index in [1.165, 1.54) is 36.1 Å². The zero-order valence-corrected chi connectivity index (χ0v) is 16.9. The molecule has 2 aromatic carbocycles. The molecule has 2 atom stereocenters. The normalized spacial score (nSPS) is 22.4. The molecule has 3 nitrogen and oxygen atoms in total. The first-order valence-electron chi connectivity index (χ1n) is 10.7. The molecule has 1 aliphatic heterocycles. The highest BCUT2D eigenvalue weighted by Gasteiger charge is 2.34. The van der Waals surface area contributed by atoms with Crippen molar-refractivity contribution in [3.8, 4) is 0 Å². The van der Waals surface area contributed by atoms with Crippen molar-refractivity contribution in [2.45, 2.75) is 56.8 Å². The van der Waals surface area contributed by atoms with Crippen LogP contribution >= 0.6 is 0 Å². The van der Waals surface area contributed by atoms with Gasteiger partial charge in [-0.25, -0.2) is 0 Å². The van der Waals surface area contributed by atoms with Crippen LogP contribution < -0.4 is 5.32 Å². The summed E-state index contributed by atoms with van der Waals surface area (Å²) in [4.78, 5) is 15.4. The second kappa shape index (κ2) is 8.80. The van der Waals surface area contributed by atoms with Crippen molar-refractivity contribution < 1.29 is 18.0 Å². The predicted octanol–water partition coefficient (Wildman–Crippen LogP) is 4.91. The number of carbonyl (C=O) groups excluding carboxylic acids is 1. The van der Waals surface area contributed by atoms with Crippen LogP contribution in [0.25, 0.3) is 0 Å². The summed E-state index contributed by atoms with van der Waals surface area (Å²) in [5, 5.41) is 3.23. The fourth-order valence-corrected chi connectivity index (χ4v) is 4.80. The molecule has 0 aromatic heterocycles. The number of hydrogen-bond donors (Lipinski definition) is 1. The average molecular weight is 416 g/mol. The van der Waals surface area contributed by atoms with E-state index < -0.39 is 11.7 Å². The Kier molecular flexibility index (Phi) is 6.14. The molecule has 1 fully saturated rings. The van der Waals surface area contributed by atoms with E-state index in [0.29, 0.717) is 5.56 Å². The number of carbonyl (C=O) groups is 1. The first-order valence-corrected chi connectivity index (χ1v) is 10.7. The van der Waals surface area contributed by atoms with Crippen molar-refractivity contribution in [1.82, 2.24) is 10.2 Å². The first kappa shape index (κ1) is 20.9. The summed E-state index contributed by atoms with van der Waals surface area (Å²) >= 11 is 0. The van der Waals surface area contributed by atoms with Gasteiger partial charge < -0.3 is 5.32 Å². The van der Waals surface area contributed by atoms with Gasteiger partial charge in [0.15, 0.2) is 0 Å². The van der Waals surface area contributed by atoms with Crippen molar-refractivity contribution in [2.75, 3.05) is 13.1 Å². The molecule has 4 rings (SSSR count). The number of benzene rings is 2. The number of likely N-dealkylation sites (tertiary alicyclic amines) is 1. The van der Waals surface area contributed by atoms with Crippen LogP contribution in [-0.4, -0.2) is 29.9 Å². The molecule has 0 saturated carbocycles. The lowest BCUT2D eigenvalue weighted by atomic mass is 9.94. The molecule has 6 heteroatoms. The minimum absolute atomic E-state index is 0.0729. The summed E-state index contributed by atoms with van der Waals surface area (Å²) in [7, 11) is 0. The SMILES string of the molecule is O=C(Cc1ccc(C(F)(F)F)cc1)NC1c2ccccc2CCCC1N1CCCC1. The van der Waals surface area contributed by atoms with Crippen LogP contribution in [0.3, 0.4) is 0 Å². The predicted molar refractivity (Wildman–Crippen MR) is 110 cm³/mol. The van der Waals surface area contributed by atoms with Crippen LogP contribution in [0.5, 0.6) is 0 Å². The van der Waals surface area contributed by atoms with Crippen LogP contribution in [-0.2, 0) is 23.8 Å². The highest BCUT2D eigenvalue weighted by molar-refractivity contribution is 5.79. The quantitative estimate of drug-likeness (QED) is 0.719. The molecule has 30 heavy (non-hydrogen) atoms. The molecule has 1 saturated heterocycles. The molecule has 0 spiro atoms. The maximum Gasteiger partial charge on any atom is 0.416 e. The van der Waals surface area contributed by atoms with Gasteiger partial charge >= 0.3 is 6.18 Å². The smallest absolute Gasteiger partial charge is 0.347 e. The number of amides is 1. The Bertz CT molecular complexity index is 873. The molecule has 0 bridgehead atoms. The summed E-state index contributed by atoms with van der Waals surface area (Å²) in [6.07, 6.45) is 1.20. The van der Waals surface area contributed by atoms with Gasteiger partial charge in [-0.05, 0) is 74.0 Å². The van der Waals surface area contributed by atoms with Crippen molar-refractivity contribution in [1.29, 1.82) is 0 Å². The number of fused-ring (bicyclic) bond motifs is 1. The van der Waals surface area contributed by atoms with E-state index in [-0.39, 0.29) is 24.4 Å². The molecular weight excluding hydrogens is 389 g/mol. The Morgan fingerprint density at radius 2 is 1.70 bits per heavy atom. The minimum atomic E-state index is -4.37. The summed E-state index contributed by atoms with van der Waals surface area (Å²) < 4.78 is 38.3. The summed E-state index contributed by atoms with van der Waals surface area (Å²) in [6.45, 7) is 2.11. The van der Waals surface area contributed by atoms with E-state index in [2.05, 4.69) is 22.3 Å². The third-order valence-electron chi connectivity index (χ3n) is 6.29. The van der Waals surface area contributed by atoms with Crippen LogP contribution in [0.1, 0.15) is 54.0 Å². The van der Waals surface area contributed by atoms with Crippen LogP contribution in [0.2, 0.25) is 0 Å². The number of nitrogens with one attached hydrogen (secondary N) is 1. The highest BCUT2D eigenvalue weighted by Crippen LogP contribution is 2.34. The van der Waals surface area contributed by atoms with E-state index in [4.69, 9.17) is 0 Å². The van der Waals surface area contributed by atoms with Crippen LogP contribution in [0, 0.1) is 0 Å². The van der Waals surface area contributed by atoms with Gasteiger partial charge in [0.05, 0.1) is 18.0 Å². The molecule has 1 aliphatic carbocycles. The van der Waals surface area contributed by atoms with Gasteiger partial charge in [0.25, 0.3) is 0 Å². The van der Waals surface area contributed by atoms with Crippen molar-refractivity contribution in [2.24, 2.45) is 0 Å². The third-order valence-corrected chi connectivity index (χ3v) is 6.29. The molecule has 2 aliphatic rings. The Morgan fingerprint density at radius 3 is 2.40 bits per heavy atom. The Hall–Kier alpha value is -2.34. The largest absolute Gasteiger partial charge is 0.416 e. The van der Waals surface area contributed by atoms with Crippen LogP contribution in [0.15, 0.2) is 48.5 Å². The maximum atomic E-state index is 12.9. The first-order chi connectivity index (χ1) is 14.4. The van der Waals surface area contributed by atoms with E-state index >= 15 is 0 Å². The lowest BCUT2D eigenvalue weighted by molar-refractivity contribution is -0.137. The molecular formula is C24H27F3N2O. The fourth-order valence-electron chi connectivity index (χ4n) is 4.80. The van der Waals surface area contributed by atoms with Gasteiger partial charge in [0.1, 0.15) is 0 Å². The van der Waals surface area contributed by atoms with Gasteiger partial charge in [-0.15, -0.1) is 0 Å². The number of halogens is 3. The van der Waals surface area contributed by atoms with Gasteiger partial charge in [0, 0.05) is 6.04 Å². The van der Waals surface area contributed by atoms with E-state index in [0.717, 1.165) is 44.5 Å².